The third-order valence-electron chi connectivity index (χ3n) is 3.07. The van der Waals surface area contributed by atoms with Gasteiger partial charge in [-0.15, -0.1) is 0 Å². The van der Waals surface area contributed by atoms with Crippen LogP contribution >= 0.6 is 31.9 Å². The molecule has 100 valence electrons. The number of halogens is 3. The first-order valence-electron chi connectivity index (χ1n) is 5.97. The fraction of sp³-hybridized carbons (Fsp3) is 0.200. The zero-order valence-corrected chi connectivity index (χ0v) is 13.6. The van der Waals surface area contributed by atoms with Crippen molar-refractivity contribution in [3.05, 3.63) is 68.4 Å². The van der Waals surface area contributed by atoms with Gasteiger partial charge in [-0.1, -0.05) is 56.1 Å². The van der Waals surface area contributed by atoms with Crippen molar-refractivity contribution in [2.24, 2.45) is 0 Å². The molecule has 4 heteroatoms. The smallest absolute Gasteiger partial charge is 0.124 e. The lowest BCUT2D eigenvalue weighted by molar-refractivity contribution is 0.585. The summed E-state index contributed by atoms with van der Waals surface area (Å²) in [5.41, 5.74) is 2.28. The van der Waals surface area contributed by atoms with Gasteiger partial charge in [0.1, 0.15) is 5.82 Å². The molecule has 0 bridgehead atoms. The number of hydrogen-bond acceptors (Lipinski definition) is 1. The van der Waals surface area contributed by atoms with Gasteiger partial charge >= 0.3 is 0 Å². The normalized spacial score (nSPS) is 12.4. The summed E-state index contributed by atoms with van der Waals surface area (Å²) in [6.45, 7) is 0. The van der Waals surface area contributed by atoms with Gasteiger partial charge < -0.3 is 5.32 Å². The van der Waals surface area contributed by atoms with Crippen molar-refractivity contribution in [3.63, 3.8) is 0 Å². The predicted molar refractivity (Wildman–Crippen MR) is 83.7 cm³/mol. The standard InChI is InChI=1S/C15H14Br2FN/c1-19-15(12-4-2-3-5-13(12)16)8-10-6-7-11(18)9-14(10)17/h2-7,9,15,19H,8H2,1H3. The van der Waals surface area contributed by atoms with Gasteiger partial charge in [-0.25, -0.2) is 4.39 Å². The summed E-state index contributed by atoms with van der Waals surface area (Å²) in [6, 6.07) is 13.1. The molecule has 2 rings (SSSR count). The Morgan fingerprint density at radius 1 is 1.11 bits per heavy atom. The first-order chi connectivity index (χ1) is 9.11. The molecule has 1 nitrogen and oxygen atoms in total. The lowest BCUT2D eigenvalue weighted by Gasteiger charge is -2.19. The van der Waals surface area contributed by atoms with Crippen LogP contribution in [0.5, 0.6) is 0 Å². The van der Waals surface area contributed by atoms with Crippen molar-refractivity contribution in [1.82, 2.24) is 5.32 Å². The second-order valence-electron chi connectivity index (χ2n) is 4.30. The number of nitrogens with one attached hydrogen (secondary N) is 1. The molecule has 2 aromatic carbocycles. The average molecular weight is 387 g/mol. The van der Waals surface area contributed by atoms with Gasteiger partial charge in [-0.3, -0.25) is 0 Å². The zero-order chi connectivity index (χ0) is 13.8. The summed E-state index contributed by atoms with van der Waals surface area (Å²) in [7, 11) is 1.93. The first-order valence-corrected chi connectivity index (χ1v) is 7.56. The van der Waals surface area contributed by atoms with Crippen LogP contribution in [0, 0.1) is 5.82 Å². The Bertz CT molecular complexity index is 572. The second-order valence-corrected chi connectivity index (χ2v) is 6.01. The summed E-state index contributed by atoms with van der Waals surface area (Å²) in [5.74, 6) is -0.225. The number of hydrogen-bond donors (Lipinski definition) is 1. The highest BCUT2D eigenvalue weighted by atomic mass is 79.9. The Kier molecular flexibility index (Phi) is 5.13. The minimum atomic E-state index is -0.225. The Morgan fingerprint density at radius 2 is 1.84 bits per heavy atom. The van der Waals surface area contributed by atoms with Crippen molar-refractivity contribution in [1.29, 1.82) is 0 Å². The van der Waals surface area contributed by atoms with Gasteiger partial charge in [0.05, 0.1) is 0 Å². The van der Waals surface area contributed by atoms with E-state index in [-0.39, 0.29) is 11.9 Å². The van der Waals surface area contributed by atoms with Crippen LogP contribution in [0.15, 0.2) is 51.4 Å². The summed E-state index contributed by atoms with van der Waals surface area (Å²) in [5, 5.41) is 3.30. The predicted octanol–water partition coefficient (Wildman–Crippen LogP) is 4.85. The van der Waals surface area contributed by atoms with E-state index in [0.29, 0.717) is 0 Å². The van der Waals surface area contributed by atoms with Gasteiger partial charge in [0.2, 0.25) is 0 Å². The fourth-order valence-electron chi connectivity index (χ4n) is 2.03. The van der Waals surface area contributed by atoms with Gasteiger partial charge in [-0.05, 0) is 42.8 Å². The molecule has 0 radical (unpaired) electrons. The van der Waals surface area contributed by atoms with Crippen molar-refractivity contribution < 1.29 is 4.39 Å². The van der Waals surface area contributed by atoms with Gasteiger partial charge in [-0.2, -0.15) is 0 Å². The molecule has 1 N–H and O–H groups in total. The van der Waals surface area contributed by atoms with Gasteiger partial charge in [0, 0.05) is 15.0 Å². The van der Waals surface area contributed by atoms with Gasteiger partial charge in [0.25, 0.3) is 0 Å². The van der Waals surface area contributed by atoms with E-state index >= 15 is 0 Å². The van der Waals surface area contributed by atoms with Crippen molar-refractivity contribution in [2.45, 2.75) is 12.5 Å². The molecule has 0 fully saturated rings. The van der Waals surface area contributed by atoms with Crippen LogP contribution in [0.25, 0.3) is 0 Å². The van der Waals surface area contributed by atoms with Gasteiger partial charge in [0.15, 0.2) is 0 Å². The maximum absolute atomic E-state index is 13.1. The van der Waals surface area contributed by atoms with E-state index in [1.165, 1.54) is 17.7 Å². The molecule has 0 aliphatic heterocycles. The van der Waals surface area contributed by atoms with E-state index in [4.69, 9.17) is 0 Å². The van der Waals surface area contributed by atoms with Crippen LogP contribution in [0.3, 0.4) is 0 Å². The van der Waals surface area contributed by atoms with E-state index in [2.05, 4.69) is 43.2 Å². The Balaban J connectivity index is 2.27. The molecular weight excluding hydrogens is 373 g/mol. The molecule has 0 heterocycles. The van der Waals surface area contributed by atoms with E-state index in [1.54, 1.807) is 0 Å². The molecule has 0 saturated heterocycles. The molecule has 0 aliphatic carbocycles. The molecule has 1 atom stereocenters. The summed E-state index contributed by atoms with van der Waals surface area (Å²) < 4.78 is 15.0. The largest absolute Gasteiger partial charge is 0.313 e. The topological polar surface area (TPSA) is 12.0 Å². The van der Waals surface area contributed by atoms with E-state index in [9.17, 15) is 4.39 Å². The Morgan fingerprint density at radius 3 is 2.47 bits per heavy atom. The highest BCUT2D eigenvalue weighted by Gasteiger charge is 2.14. The molecule has 1 unspecified atom stereocenters. The Hall–Kier alpha value is -0.710. The van der Waals surface area contributed by atoms with Crippen LogP contribution in [0.4, 0.5) is 4.39 Å². The van der Waals surface area contributed by atoms with Crippen molar-refractivity contribution in [2.75, 3.05) is 7.05 Å². The van der Waals surface area contributed by atoms with Crippen molar-refractivity contribution >= 4 is 31.9 Å². The van der Waals surface area contributed by atoms with E-state index in [0.717, 1.165) is 20.9 Å². The highest BCUT2D eigenvalue weighted by Crippen LogP contribution is 2.28. The second kappa shape index (κ2) is 6.64. The maximum atomic E-state index is 13.1. The zero-order valence-electron chi connectivity index (χ0n) is 10.5. The van der Waals surface area contributed by atoms with Crippen LogP contribution in [-0.2, 0) is 6.42 Å². The van der Waals surface area contributed by atoms with E-state index in [1.807, 2.05) is 31.3 Å². The fourth-order valence-corrected chi connectivity index (χ4v) is 3.11. The lowest BCUT2D eigenvalue weighted by Crippen LogP contribution is -2.19. The number of benzene rings is 2. The van der Waals surface area contributed by atoms with Crippen LogP contribution in [-0.4, -0.2) is 7.05 Å². The molecule has 0 amide bonds. The monoisotopic (exact) mass is 385 g/mol. The molecule has 19 heavy (non-hydrogen) atoms. The summed E-state index contributed by atoms with van der Waals surface area (Å²) in [4.78, 5) is 0. The van der Waals surface area contributed by atoms with Crippen LogP contribution < -0.4 is 5.32 Å². The third-order valence-corrected chi connectivity index (χ3v) is 4.53. The molecule has 0 saturated carbocycles. The maximum Gasteiger partial charge on any atom is 0.124 e. The molecule has 2 aromatic rings. The average Bonchev–Trinajstić information content (AvgIpc) is 2.39. The minimum Gasteiger partial charge on any atom is -0.313 e. The molecule has 0 aliphatic rings. The van der Waals surface area contributed by atoms with Crippen molar-refractivity contribution in [3.8, 4) is 0 Å². The highest BCUT2D eigenvalue weighted by molar-refractivity contribution is 9.10. The SMILES string of the molecule is CNC(Cc1ccc(F)cc1Br)c1ccccc1Br. The van der Waals surface area contributed by atoms with E-state index < -0.39 is 0 Å². The lowest BCUT2D eigenvalue weighted by atomic mass is 9.99. The molecule has 0 spiro atoms. The number of rotatable bonds is 4. The molecule has 0 aromatic heterocycles. The quantitative estimate of drug-likeness (QED) is 0.791. The minimum absolute atomic E-state index is 0.178. The third kappa shape index (κ3) is 3.65. The first kappa shape index (κ1) is 14.7. The Labute approximate surface area is 129 Å². The summed E-state index contributed by atoms with van der Waals surface area (Å²) >= 11 is 6.99. The number of likely N-dealkylation sites (N-methyl/N-ethyl adjacent to an activating group) is 1. The molecular formula is C15H14Br2FN. The van der Waals surface area contributed by atoms with Crippen LogP contribution in [0.1, 0.15) is 17.2 Å². The summed E-state index contributed by atoms with van der Waals surface area (Å²) in [6.07, 6.45) is 0.792. The van der Waals surface area contributed by atoms with Crippen LogP contribution in [0.2, 0.25) is 0 Å².